The summed E-state index contributed by atoms with van der Waals surface area (Å²) in [5, 5.41) is 11.8. The van der Waals surface area contributed by atoms with Crippen LogP contribution in [0.25, 0.3) is 0 Å². The number of benzene rings is 2. The zero-order valence-electron chi connectivity index (χ0n) is 11.4. The standard InChI is InChI=1S/C14H11Cl3NO4P/c15-14(16,17)13(19)18-23(20,21-11-7-3-1-4-8-11)22-12-9-5-2-6-10-12/h1-10H,(H,18,19,20)/p-1. The Morgan fingerprint density at radius 3 is 1.65 bits per heavy atom. The first-order valence-electron chi connectivity index (χ1n) is 6.22. The van der Waals surface area contributed by atoms with Crippen molar-refractivity contribution in [1.82, 2.24) is 0 Å². The van der Waals surface area contributed by atoms with Gasteiger partial charge in [0.15, 0.2) is 0 Å². The predicted molar refractivity (Wildman–Crippen MR) is 89.5 cm³/mol. The van der Waals surface area contributed by atoms with E-state index in [-0.39, 0.29) is 11.5 Å². The Morgan fingerprint density at radius 2 is 1.30 bits per heavy atom. The van der Waals surface area contributed by atoms with Gasteiger partial charge in [-0.15, -0.1) is 0 Å². The molecule has 9 heteroatoms. The molecule has 2 aromatic rings. The van der Waals surface area contributed by atoms with Crippen LogP contribution in [-0.2, 0) is 4.57 Å². The van der Waals surface area contributed by atoms with E-state index < -0.39 is 17.4 Å². The quantitative estimate of drug-likeness (QED) is 0.327. The fraction of sp³-hybridized carbons (Fsp3) is 0.0714. The second kappa shape index (κ2) is 7.45. The van der Waals surface area contributed by atoms with Crippen LogP contribution in [0.15, 0.2) is 65.4 Å². The van der Waals surface area contributed by atoms with Crippen LogP contribution in [0, 0.1) is 0 Å². The average molecular weight is 394 g/mol. The van der Waals surface area contributed by atoms with Crippen molar-refractivity contribution < 1.29 is 18.7 Å². The maximum absolute atomic E-state index is 12.8. The Labute approximate surface area is 148 Å². The average Bonchev–Trinajstić information content (AvgIpc) is 2.47. The van der Waals surface area contributed by atoms with E-state index in [1.54, 1.807) is 36.4 Å². The van der Waals surface area contributed by atoms with E-state index in [1.807, 2.05) is 0 Å². The van der Waals surface area contributed by atoms with Gasteiger partial charge in [-0.3, -0.25) is 0 Å². The van der Waals surface area contributed by atoms with E-state index in [0.717, 1.165) is 0 Å². The Bertz CT molecular complexity index is 674. The number of hydrogen-bond donors (Lipinski definition) is 0. The molecule has 0 saturated heterocycles. The van der Waals surface area contributed by atoms with Gasteiger partial charge in [-0.05, 0) is 24.3 Å². The van der Waals surface area contributed by atoms with Gasteiger partial charge in [-0.1, -0.05) is 71.2 Å². The molecule has 0 N–H and O–H groups in total. The van der Waals surface area contributed by atoms with Crippen molar-refractivity contribution in [2.24, 2.45) is 4.76 Å². The minimum Gasteiger partial charge on any atom is -0.859 e. The molecule has 2 aromatic carbocycles. The monoisotopic (exact) mass is 392 g/mol. The molecule has 0 spiro atoms. The molecule has 2 rings (SSSR count). The van der Waals surface area contributed by atoms with Crippen molar-refractivity contribution in [2.45, 2.75) is 3.79 Å². The van der Waals surface area contributed by atoms with Gasteiger partial charge in [-0.25, -0.2) is 4.57 Å². The SMILES string of the molecule is O=P(N=C([O-])C(Cl)(Cl)Cl)(Oc1ccccc1)Oc1ccccc1. The molecule has 0 aliphatic heterocycles. The summed E-state index contributed by atoms with van der Waals surface area (Å²) in [4.78, 5) is 0. The van der Waals surface area contributed by atoms with Crippen molar-refractivity contribution in [3.63, 3.8) is 0 Å². The maximum Gasteiger partial charge on any atom is 0.562 e. The normalized spacial score (nSPS) is 12.7. The minimum atomic E-state index is -4.29. The van der Waals surface area contributed by atoms with Crippen LogP contribution in [0.3, 0.4) is 0 Å². The van der Waals surface area contributed by atoms with Crippen LogP contribution < -0.4 is 14.2 Å². The molecule has 0 aromatic heterocycles. The van der Waals surface area contributed by atoms with Crippen LogP contribution in [-0.4, -0.2) is 9.69 Å². The molecule has 0 aliphatic rings. The third kappa shape index (κ3) is 5.63. The number of hydrogen-bond acceptors (Lipinski definition) is 4. The van der Waals surface area contributed by atoms with Gasteiger partial charge in [0.1, 0.15) is 11.5 Å². The molecule has 0 saturated carbocycles. The van der Waals surface area contributed by atoms with E-state index in [4.69, 9.17) is 43.9 Å². The Morgan fingerprint density at radius 1 is 0.913 bits per heavy atom. The van der Waals surface area contributed by atoms with E-state index in [9.17, 15) is 9.67 Å². The number of alkyl halides is 3. The lowest BCUT2D eigenvalue weighted by atomic mass is 10.3. The van der Waals surface area contributed by atoms with Crippen LogP contribution in [0.1, 0.15) is 0 Å². The summed E-state index contributed by atoms with van der Waals surface area (Å²) >= 11 is 16.4. The number of nitrogens with zero attached hydrogens (tertiary/aromatic N) is 1. The molecule has 0 fully saturated rings. The van der Waals surface area contributed by atoms with Gasteiger partial charge in [0.05, 0.1) is 0 Å². The Kier molecular flexibility index (Phi) is 5.82. The molecule has 0 amide bonds. The summed E-state index contributed by atoms with van der Waals surface area (Å²) in [5.74, 6) is -0.877. The molecular weight excluding hydrogens is 383 g/mol. The second-order valence-electron chi connectivity index (χ2n) is 4.18. The van der Waals surface area contributed by atoms with Gasteiger partial charge in [0.2, 0.25) is 3.79 Å². The smallest absolute Gasteiger partial charge is 0.562 e. The summed E-state index contributed by atoms with van der Waals surface area (Å²) < 4.78 is 24.3. The second-order valence-corrected chi connectivity index (χ2v) is 7.96. The highest BCUT2D eigenvalue weighted by molar-refractivity contribution is 7.53. The Balaban J connectivity index is 2.36. The van der Waals surface area contributed by atoms with Crippen molar-refractivity contribution in [1.29, 1.82) is 0 Å². The van der Waals surface area contributed by atoms with Gasteiger partial charge in [-0.2, -0.15) is 4.76 Å². The molecule has 0 unspecified atom stereocenters. The largest absolute Gasteiger partial charge is 0.859 e. The molecule has 23 heavy (non-hydrogen) atoms. The first-order chi connectivity index (χ1) is 10.8. The van der Waals surface area contributed by atoms with Crippen molar-refractivity contribution in [3.8, 4) is 11.5 Å². The van der Waals surface area contributed by atoms with Gasteiger partial charge in [0.25, 0.3) is 0 Å². The minimum absolute atomic E-state index is 0.188. The zero-order chi connectivity index (χ0) is 16.9. The molecule has 122 valence electrons. The van der Waals surface area contributed by atoms with Crippen molar-refractivity contribution in [2.75, 3.05) is 0 Å². The number of para-hydroxylation sites is 2. The summed E-state index contributed by atoms with van der Waals surface area (Å²) in [6.45, 7) is 0. The van der Waals surface area contributed by atoms with Crippen LogP contribution >= 0.6 is 42.5 Å². The molecular formula is C14H10Cl3NO4P-. The van der Waals surface area contributed by atoms with Gasteiger partial charge < -0.3 is 14.2 Å². The van der Waals surface area contributed by atoms with Crippen LogP contribution in [0.2, 0.25) is 0 Å². The highest BCUT2D eigenvalue weighted by Crippen LogP contribution is 2.50. The third-order valence-electron chi connectivity index (χ3n) is 2.38. The number of rotatable bonds is 5. The molecule has 0 radical (unpaired) electrons. The molecule has 0 bridgehead atoms. The number of halogens is 3. The van der Waals surface area contributed by atoms with Gasteiger partial charge in [0, 0.05) is 5.90 Å². The zero-order valence-corrected chi connectivity index (χ0v) is 14.6. The van der Waals surface area contributed by atoms with E-state index >= 15 is 0 Å². The lowest BCUT2D eigenvalue weighted by molar-refractivity contribution is -0.217. The first kappa shape index (κ1) is 18.0. The highest BCUT2D eigenvalue weighted by atomic mass is 35.6. The third-order valence-corrected chi connectivity index (χ3v) is 4.18. The summed E-state index contributed by atoms with van der Waals surface area (Å²) in [7, 11) is -4.29. The fourth-order valence-corrected chi connectivity index (χ4v) is 3.03. The van der Waals surface area contributed by atoms with Crippen molar-refractivity contribution >= 4 is 48.4 Å². The molecule has 0 heterocycles. The summed E-state index contributed by atoms with van der Waals surface area (Å²) in [6, 6.07) is 16.2. The lowest BCUT2D eigenvalue weighted by Gasteiger charge is -2.22. The Hall–Kier alpha value is -1.39. The fourth-order valence-electron chi connectivity index (χ4n) is 1.46. The maximum atomic E-state index is 12.8. The topological polar surface area (TPSA) is 71.0 Å². The van der Waals surface area contributed by atoms with E-state index in [2.05, 4.69) is 4.76 Å². The summed E-state index contributed by atoms with van der Waals surface area (Å²) in [6.07, 6.45) is 0. The van der Waals surface area contributed by atoms with Gasteiger partial charge >= 0.3 is 7.75 Å². The van der Waals surface area contributed by atoms with Crippen molar-refractivity contribution in [3.05, 3.63) is 60.7 Å². The predicted octanol–water partition coefficient (Wildman–Crippen LogP) is 4.38. The summed E-state index contributed by atoms with van der Waals surface area (Å²) in [5.41, 5.74) is 0. The molecule has 5 nitrogen and oxygen atoms in total. The molecule has 0 atom stereocenters. The van der Waals surface area contributed by atoms with E-state index in [0.29, 0.717) is 0 Å². The van der Waals surface area contributed by atoms with Crippen LogP contribution in [0.4, 0.5) is 0 Å². The first-order valence-corrected chi connectivity index (χ1v) is 8.85. The lowest BCUT2D eigenvalue weighted by Crippen LogP contribution is -2.32. The van der Waals surface area contributed by atoms with E-state index in [1.165, 1.54) is 24.3 Å². The van der Waals surface area contributed by atoms with Crippen LogP contribution in [0.5, 0.6) is 11.5 Å². The molecule has 0 aliphatic carbocycles. The highest BCUT2D eigenvalue weighted by Gasteiger charge is 2.31.